The first-order valence-corrected chi connectivity index (χ1v) is 13.0. The molecule has 2 aromatic rings. The summed E-state index contributed by atoms with van der Waals surface area (Å²) >= 11 is 1.63. The van der Waals surface area contributed by atoms with Crippen molar-refractivity contribution < 1.29 is 9.59 Å². The van der Waals surface area contributed by atoms with Gasteiger partial charge in [0.2, 0.25) is 11.8 Å². The molecule has 3 atom stereocenters. The van der Waals surface area contributed by atoms with Crippen molar-refractivity contribution in [2.75, 3.05) is 6.54 Å². The van der Waals surface area contributed by atoms with Crippen LogP contribution in [-0.2, 0) is 16.1 Å². The van der Waals surface area contributed by atoms with Gasteiger partial charge in [-0.3, -0.25) is 9.59 Å². The largest absolute Gasteiger partial charge is 0.350 e. The van der Waals surface area contributed by atoms with E-state index in [1.54, 1.807) is 16.2 Å². The molecule has 0 aliphatic carbocycles. The summed E-state index contributed by atoms with van der Waals surface area (Å²) in [7, 11) is 0. The zero-order valence-corrected chi connectivity index (χ0v) is 22.7. The van der Waals surface area contributed by atoms with E-state index in [2.05, 4.69) is 76.2 Å². The van der Waals surface area contributed by atoms with Crippen LogP contribution in [0.2, 0.25) is 0 Å². The molecule has 1 aliphatic rings. The van der Waals surface area contributed by atoms with E-state index in [0.717, 1.165) is 16.8 Å². The van der Waals surface area contributed by atoms with Gasteiger partial charge < -0.3 is 15.5 Å². The maximum absolute atomic E-state index is 13.7. The molecule has 1 aromatic heterocycles. The number of nitrogens with one attached hydrogen (secondary N) is 2. The smallest absolute Gasteiger partial charge is 0.243 e. The normalized spacial score (nSPS) is 19.8. The molecule has 0 spiro atoms. The molecule has 1 saturated heterocycles. The van der Waals surface area contributed by atoms with Crippen molar-refractivity contribution in [2.24, 2.45) is 11.3 Å². The molecule has 0 bridgehead atoms. The van der Waals surface area contributed by atoms with E-state index in [4.69, 9.17) is 0 Å². The highest BCUT2D eigenvalue weighted by atomic mass is 32.1. The number of hydrogen-bond donors (Lipinski definition) is 2. The summed E-state index contributed by atoms with van der Waals surface area (Å²) in [5.41, 5.74) is 4.58. The predicted molar refractivity (Wildman–Crippen MR) is 140 cm³/mol. The number of benzene rings is 1. The molecule has 2 heterocycles. The highest BCUT2D eigenvalue weighted by Crippen LogP contribution is 2.30. The van der Waals surface area contributed by atoms with Gasteiger partial charge in [0, 0.05) is 18.6 Å². The average Bonchev–Trinajstić information content (AvgIpc) is 3.34. The van der Waals surface area contributed by atoms with Crippen LogP contribution in [0.1, 0.15) is 66.1 Å². The summed E-state index contributed by atoms with van der Waals surface area (Å²) in [6, 6.07) is 7.42. The number of rotatable bonds is 6. The number of hydrogen-bond acceptors (Lipinski definition) is 5. The van der Waals surface area contributed by atoms with Crippen molar-refractivity contribution in [3.63, 3.8) is 0 Å². The van der Waals surface area contributed by atoms with Crippen molar-refractivity contribution in [1.29, 1.82) is 0 Å². The monoisotopic (exact) mass is 484 g/mol. The molecule has 2 N–H and O–H groups in total. The molecular weight excluding hydrogens is 444 g/mol. The van der Waals surface area contributed by atoms with Gasteiger partial charge in [-0.25, -0.2) is 4.98 Å². The number of likely N-dealkylation sites (tertiary alicyclic amines) is 1. The molecule has 1 aromatic carbocycles. The van der Waals surface area contributed by atoms with Gasteiger partial charge in [-0.15, -0.1) is 11.3 Å². The highest BCUT2D eigenvalue weighted by Gasteiger charge is 2.44. The summed E-state index contributed by atoms with van der Waals surface area (Å²) in [5, 5.41) is 6.57. The molecule has 7 heteroatoms. The van der Waals surface area contributed by atoms with Crippen LogP contribution in [0.4, 0.5) is 0 Å². The summed E-state index contributed by atoms with van der Waals surface area (Å²) in [6.45, 7) is 17.6. The maximum Gasteiger partial charge on any atom is 0.243 e. The van der Waals surface area contributed by atoms with Gasteiger partial charge in [0.25, 0.3) is 0 Å². The Kier molecular flexibility index (Phi) is 7.88. The first-order chi connectivity index (χ1) is 15.8. The van der Waals surface area contributed by atoms with Crippen molar-refractivity contribution in [3.05, 3.63) is 41.0 Å². The lowest BCUT2D eigenvalue weighted by molar-refractivity contribution is -0.142. The molecular formula is C27H40N4O2S. The standard InChI is InChI=1S/C27H40N4O2S/c1-17-13-21(31(15-17)25(33)23(26(3,4)5)30-27(6,7)8)24(32)28-14-19-9-11-20(12-10-19)22-18(2)29-16-34-22/h9-12,16-17,21,23,30H,13-15H2,1-8H3,(H,28,32)/t17-,21+,23-/m0/s1. The fourth-order valence-electron chi connectivity index (χ4n) is 4.45. The van der Waals surface area contributed by atoms with Crippen LogP contribution in [0.25, 0.3) is 10.4 Å². The lowest BCUT2D eigenvalue weighted by atomic mass is 9.84. The second-order valence-corrected chi connectivity index (χ2v) is 12.6. The number of aryl methyl sites for hydroxylation is 1. The second-order valence-electron chi connectivity index (χ2n) is 11.7. The molecule has 34 heavy (non-hydrogen) atoms. The zero-order valence-electron chi connectivity index (χ0n) is 21.9. The summed E-state index contributed by atoms with van der Waals surface area (Å²) in [5.74, 6) is 0.219. The van der Waals surface area contributed by atoms with Gasteiger partial charge in [0.15, 0.2) is 0 Å². The van der Waals surface area contributed by atoms with Crippen LogP contribution in [0.5, 0.6) is 0 Å². The van der Waals surface area contributed by atoms with Gasteiger partial charge in [0.05, 0.1) is 22.1 Å². The maximum atomic E-state index is 13.7. The second kappa shape index (κ2) is 10.2. The van der Waals surface area contributed by atoms with Crippen LogP contribution in [0, 0.1) is 18.3 Å². The van der Waals surface area contributed by atoms with Gasteiger partial charge in [-0.05, 0) is 56.6 Å². The minimum absolute atomic E-state index is 0.0104. The van der Waals surface area contributed by atoms with Gasteiger partial charge in [-0.2, -0.15) is 0 Å². The van der Waals surface area contributed by atoms with E-state index >= 15 is 0 Å². The number of aromatic nitrogens is 1. The van der Waals surface area contributed by atoms with Crippen LogP contribution in [0.3, 0.4) is 0 Å². The zero-order chi connectivity index (χ0) is 25.3. The number of carbonyl (C=O) groups is 2. The first kappa shape index (κ1) is 26.4. The van der Waals surface area contributed by atoms with E-state index in [-0.39, 0.29) is 34.7 Å². The van der Waals surface area contributed by atoms with E-state index < -0.39 is 6.04 Å². The minimum Gasteiger partial charge on any atom is -0.350 e. The molecule has 6 nitrogen and oxygen atoms in total. The lowest BCUT2D eigenvalue weighted by Gasteiger charge is -2.39. The number of thiazole rings is 1. The van der Waals surface area contributed by atoms with E-state index in [1.807, 2.05) is 24.6 Å². The van der Waals surface area contributed by atoms with Crippen LogP contribution in [0.15, 0.2) is 29.8 Å². The van der Waals surface area contributed by atoms with E-state index in [9.17, 15) is 9.59 Å². The third-order valence-electron chi connectivity index (χ3n) is 6.21. The third kappa shape index (κ3) is 6.45. The van der Waals surface area contributed by atoms with Crippen molar-refractivity contribution >= 4 is 23.2 Å². The number of amides is 2. The topological polar surface area (TPSA) is 74.3 Å². The number of nitrogens with zero attached hydrogens (tertiary/aromatic N) is 2. The molecule has 0 radical (unpaired) electrons. The van der Waals surface area contributed by atoms with Gasteiger partial charge >= 0.3 is 0 Å². The fourth-order valence-corrected chi connectivity index (χ4v) is 5.26. The Morgan fingerprint density at radius 2 is 1.79 bits per heavy atom. The SMILES string of the molecule is Cc1ncsc1-c1ccc(CNC(=O)[C@H]2C[C@H](C)CN2C(=O)[C@H](NC(C)(C)C)C(C)(C)C)cc1. The third-order valence-corrected chi connectivity index (χ3v) is 7.19. The van der Waals surface area contributed by atoms with Crippen LogP contribution < -0.4 is 10.6 Å². The summed E-state index contributed by atoms with van der Waals surface area (Å²) < 4.78 is 0. The van der Waals surface area contributed by atoms with Crippen molar-refractivity contribution in [3.8, 4) is 10.4 Å². The van der Waals surface area contributed by atoms with Gasteiger partial charge in [-0.1, -0.05) is 52.0 Å². The van der Waals surface area contributed by atoms with E-state index in [1.165, 1.54) is 4.88 Å². The summed E-state index contributed by atoms with van der Waals surface area (Å²) in [4.78, 5) is 34.1. The molecule has 3 rings (SSSR count). The molecule has 1 fully saturated rings. The van der Waals surface area contributed by atoms with E-state index in [0.29, 0.717) is 19.5 Å². The van der Waals surface area contributed by atoms with Crippen LogP contribution in [-0.4, -0.2) is 45.9 Å². The quantitative estimate of drug-likeness (QED) is 0.619. The molecule has 0 saturated carbocycles. The molecule has 186 valence electrons. The Morgan fingerprint density at radius 1 is 1.15 bits per heavy atom. The lowest BCUT2D eigenvalue weighted by Crippen LogP contribution is -2.60. The Morgan fingerprint density at radius 3 is 2.32 bits per heavy atom. The molecule has 2 amide bonds. The van der Waals surface area contributed by atoms with Crippen molar-refractivity contribution in [1.82, 2.24) is 20.5 Å². The minimum atomic E-state index is -0.437. The van der Waals surface area contributed by atoms with Crippen molar-refractivity contribution in [2.45, 2.75) is 86.0 Å². The Hall–Kier alpha value is -2.25. The highest BCUT2D eigenvalue weighted by molar-refractivity contribution is 7.13. The Bertz CT molecular complexity index is 1000. The average molecular weight is 485 g/mol. The summed E-state index contributed by atoms with van der Waals surface area (Å²) in [6.07, 6.45) is 0.688. The Balaban J connectivity index is 1.68. The predicted octanol–water partition coefficient (Wildman–Crippen LogP) is 4.77. The number of carbonyl (C=O) groups excluding carboxylic acids is 2. The molecule has 0 unspecified atom stereocenters. The Labute approximate surface area is 208 Å². The fraction of sp³-hybridized carbons (Fsp3) is 0.593. The van der Waals surface area contributed by atoms with Crippen LogP contribution >= 0.6 is 11.3 Å². The molecule has 1 aliphatic heterocycles. The first-order valence-electron chi connectivity index (χ1n) is 12.1. The van der Waals surface area contributed by atoms with Gasteiger partial charge in [0.1, 0.15) is 6.04 Å².